The number of methoxy groups -OCH3 is 1. The Morgan fingerprint density at radius 3 is 2.43 bits per heavy atom. The summed E-state index contributed by atoms with van der Waals surface area (Å²) in [6.45, 7) is 6.28. The Labute approximate surface area is 126 Å². The molecule has 0 aliphatic heterocycles. The molecule has 1 amide bonds. The van der Waals surface area contributed by atoms with E-state index in [-0.39, 0.29) is 18.5 Å². The van der Waals surface area contributed by atoms with Crippen molar-refractivity contribution in [1.29, 1.82) is 0 Å². The summed E-state index contributed by atoms with van der Waals surface area (Å²) in [7, 11) is 3.12. The van der Waals surface area contributed by atoms with Gasteiger partial charge in [-0.1, -0.05) is 26.0 Å². The van der Waals surface area contributed by atoms with Gasteiger partial charge in [0.1, 0.15) is 0 Å². The second-order valence-corrected chi connectivity index (χ2v) is 5.46. The summed E-state index contributed by atoms with van der Waals surface area (Å²) in [5.74, 6) is -0.103. The average Bonchev–Trinajstić information content (AvgIpc) is 2.45. The number of amides is 1. The van der Waals surface area contributed by atoms with Crippen LogP contribution in [0.15, 0.2) is 24.3 Å². The number of likely N-dealkylation sites (N-methyl/N-ethyl adjacent to an activating group) is 1. The third-order valence-electron chi connectivity index (χ3n) is 3.49. The lowest BCUT2D eigenvalue weighted by Gasteiger charge is -2.23. The zero-order chi connectivity index (χ0) is 16.0. The van der Waals surface area contributed by atoms with Gasteiger partial charge in [-0.3, -0.25) is 4.79 Å². The van der Waals surface area contributed by atoms with Crippen LogP contribution in [0, 0.1) is 5.92 Å². The van der Waals surface area contributed by atoms with Gasteiger partial charge in [0.25, 0.3) is 0 Å². The van der Waals surface area contributed by atoms with E-state index in [1.807, 2.05) is 13.0 Å². The normalized spacial score (nSPS) is 11.9. The minimum atomic E-state index is -0.409. The van der Waals surface area contributed by atoms with E-state index in [0.29, 0.717) is 17.2 Å². The molecule has 1 atom stereocenters. The minimum absolute atomic E-state index is 0.0710. The van der Waals surface area contributed by atoms with Gasteiger partial charge in [0, 0.05) is 13.1 Å². The number of ether oxygens (including phenoxy) is 1. The summed E-state index contributed by atoms with van der Waals surface area (Å²) in [4.78, 5) is 25.5. The molecule has 1 rings (SSSR count). The maximum absolute atomic E-state index is 12.0. The second kappa shape index (κ2) is 7.67. The molecule has 1 aromatic carbocycles. The highest BCUT2D eigenvalue weighted by Crippen LogP contribution is 2.19. The molecule has 1 unspecified atom stereocenters. The molecule has 21 heavy (non-hydrogen) atoms. The van der Waals surface area contributed by atoms with E-state index in [0.717, 1.165) is 0 Å². The smallest absolute Gasteiger partial charge is 0.339 e. The Bertz CT molecular complexity index is 500. The third kappa shape index (κ3) is 4.77. The molecule has 0 spiro atoms. The van der Waals surface area contributed by atoms with Gasteiger partial charge in [0.15, 0.2) is 0 Å². The maximum Gasteiger partial charge on any atom is 0.339 e. The predicted octanol–water partition coefficient (Wildman–Crippen LogP) is 2.07. The van der Waals surface area contributed by atoms with Crippen molar-refractivity contribution in [3.8, 4) is 0 Å². The van der Waals surface area contributed by atoms with E-state index in [9.17, 15) is 9.59 Å². The van der Waals surface area contributed by atoms with E-state index in [1.54, 1.807) is 30.1 Å². The first-order valence-electron chi connectivity index (χ1n) is 7.04. The number of rotatable bonds is 6. The lowest BCUT2D eigenvalue weighted by Crippen LogP contribution is -2.42. The van der Waals surface area contributed by atoms with Crippen LogP contribution >= 0.6 is 0 Å². The summed E-state index contributed by atoms with van der Waals surface area (Å²) in [5, 5.41) is 2.95. The Morgan fingerprint density at radius 1 is 1.24 bits per heavy atom. The number of anilines is 1. The Morgan fingerprint density at radius 2 is 1.86 bits per heavy atom. The minimum Gasteiger partial charge on any atom is -0.465 e. The number of para-hydroxylation sites is 1. The molecule has 116 valence electrons. The summed E-state index contributed by atoms with van der Waals surface area (Å²) < 4.78 is 4.76. The standard InChI is InChI=1S/C16H24N2O3/c1-11(2)12(3)17-15(19)10-18(4)14-9-7-6-8-13(14)16(20)21-5/h6-9,11-12H,10H2,1-5H3,(H,17,19). The quantitative estimate of drug-likeness (QED) is 0.816. The van der Waals surface area contributed by atoms with Gasteiger partial charge >= 0.3 is 5.97 Å². The maximum atomic E-state index is 12.0. The first kappa shape index (κ1) is 17.0. The predicted molar refractivity (Wildman–Crippen MR) is 83.5 cm³/mol. The fourth-order valence-electron chi connectivity index (χ4n) is 1.86. The highest BCUT2D eigenvalue weighted by atomic mass is 16.5. The summed E-state index contributed by atoms with van der Waals surface area (Å²) >= 11 is 0. The number of hydrogen-bond acceptors (Lipinski definition) is 4. The van der Waals surface area contributed by atoms with Crippen LogP contribution in [0.4, 0.5) is 5.69 Å². The van der Waals surface area contributed by atoms with Gasteiger partial charge in [0.05, 0.1) is 24.9 Å². The van der Waals surface area contributed by atoms with E-state index in [2.05, 4.69) is 19.2 Å². The molecule has 0 aromatic heterocycles. The van der Waals surface area contributed by atoms with Crippen LogP contribution in [0.3, 0.4) is 0 Å². The van der Waals surface area contributed by atoms with E-state index < -0.39 is 5.97 Å². The molecule has 0 saturated carbocycles. The number of carbonyl (C=O) groups excluding carboxylic acids is 2. The second-order valence-electron chi connectivity index (χ2n) is 5.46. The molecule has 1 N–H and O–H groups in total. The van der Waals surface area contributed by atoms with Crippen molar-refractivity contribution in [2.45, 2.75) is 26.8 Å². The fourth-order valence-corrected chi connectivity index (χ4v) is 1.86. The largest absolute Gasteiger partial charge is 0.465 e. The molecular weight excluding hydrogens is 268 g/mol. The van der Waals surface area contributed by atoms with Gasteiger partial charge in [-0.05, 0) is 25.0 Å². The Kier molecular flexibility index (Phi) is 6.21. The first-order chi connectivity index (χ1) is 9.86. The zero-order valence-electron chi connectivity index (χ0n) is 13.3. The molecule has 0 aliphatic carbocycles. The molecule has 5 heteroatoms. The van der Waals surface area contributed by atoms with Crippen LogP contribution in [0.5, 0.6) is 0 Å². The molecule has 0 heterocycles. The molecule has 0 fully saturated rings. The Hall–Kier alpha value is -2.04. The van der Waals surface area contributed by atoms with Crippen LogP contribution in [-0.2, 0) is 9.53 Å². The number of nitrogens with zero attached hydrogens (tertiary/aromatic N) is 1. The lowest BCUT2D eigenvalue weighted by molar-refractivity contribution is -0.120. The first-order valence-corrected chi connectivity index (χ1v) is 7.04. The van der Waals surface area contributed by atoms with Gasteiger partial charge < -0.3 is 15.0 Å². The van der Waals surface area contributed by atoms with Crippen molar-refractivity contribution >= 4 is 17.6 Å². The van der Waals surface area contributed by atoms with E-state index in [4.69, 9.17) is 4.74 Å². The van der Waals surface area contributed by atoms with Gasteiger partial charge in [0.2, 0.25) is 5.91 Å². The number of carbonyl (C=O) groups is 2. The van der Waals surface area contributed by atoms with Crippen molar-refractivity contribution in [2.24, 2.45) is 5.92 Å². The third-order valence-corrected chi connectivity index (χ3v) is 3.49. The molecule has 0 aliphatic rings. The van der Waals surface area contributed by atoms with Gasteiger partial charge in [-0.25, -0.2) is 4.79 Å². The van der Waals surface area contributed by atoms with E-state index >= 15 is 0 Å². The van der Waals surface area contributed by atoms with Crippen molar-refractivity contribution in [2.75, 3.05) is 25.6 Å². The van der Waals surface area contributed by atoms with Gasteiger partial charge in [-0.2, -0.15) is 0 Å². The average molecular weight is 292 g/mol. The van der Waals surface area contributed by atoms with Crippen molar-refractivity contribution in [3.63, 3.8) is 0 Å². The van der Waals surface area contributed by atoms with Crippen LogP contribution in [0.25, 0.3) is 0 Å². The van der Waals surface area contributed by atoms with Crippen molar-refractivity contribution in [1.82, 2.24) is 5.32 Å². The molecule has 0 saturated heterocycles. The van der Waals surface area contributed by atoms with Crippen molar-refractivity contribution in [3.05, 3.63) is 29.8 Å². The topological polar surface area (TPSA) is 58.6 Å². The molecule has 1 aromatic rings. The van der Waals surface area contributed by atoms with E-state index in [1.165, 1.54) is 7.11 Å². The fraction of sp³-hybridized carbons (Fsp3) is 0.500. The highest BCUT2D eigenvalue weighted by Gasteiger charge is 2.17. The molecule has 5 nitrogen and oxygen atoms in total. The zero-order valence-corrected chi connectivity index (χ0v) is 13.3. The van der Waals surface area contributed by atoms with Crippen molar-refractivity contribution < 1.29 is 14.3 Å². The number of esters is 1. The number of hydrogen-bond donors (Lipinski definition) is 1. The monoisotopic (exact) mass is 292 g/mol. The van der Waals surface area contributed by atoms with Crippen LogP contribution < -0.4 is 10.2 Å². The summed E-state index contributed by atoms with van der Waals surface area (Å²) in [6, 6.07) is 7.19. The van der Waals surface area contributed by atoms with Crippen LogP contribution in [0.2, 0.25) is 0 Å². The number of benzene rings is 1. The summed E-state index contributed by atoms with van der Waals surface area (Å²) in [6.07, 6.45) is 0. The lowest BCUT2D eigenvalue weighted by atomic mass is 10.1. The van der Waals surface area contributed by atoms with Gasteiger partial charge in [-0.15, -0.1) is 0 Å². The molecule has 0 radical (unpaired) electrons. The molecule has 0 bridgehead atoms. The number of nitrogens with one attached hydrogen (secondary N) is 1. The SMILES string of the molecule is COC(=O)c1ccccc1N(C)CC(=O)NC(C)C(C)C. The highest BCUT2D eigenvalue weighted by molar-refractivity contribution is 5.96. The Balaban J connectivity index is 2.78. The molecular formula is C16H24N2O3. The van der Waals surface area contributed by atoms with Crippen LogP contribution in [0.1, 0.15) is 31.1 Å². The van der Waals surface area contributed by atoms with Crippen LogP contribution in [-0.4, -0.2) is 38.6 Å². The summed E-state index contributed by atoms with van der Waals surface area (Å²) in [5.41, 5.74) is 1.13.